The Balaban J connectivity index is 1.70. The number of carbonyl (C=O) groups excluding carboxylic acids is 3. The summed E-state index contributed by atoms with van der Waals surface area (Å²) in [5.41, 5.74) is 0.0240. The average molecular weight is 426 g/mol. The molecule has 0 aliphatic carbocycles. The van der Waals surface area contributed by atoms with E-state index in [4.69, 9.17) is 4.74 Å². The van der Waals surface area contributed by atoms with Crippen molar-refractivity contribution < 1.29 is 32.3 Å². The number of anilines is 2. The van der Waals surface area contributed by atoms with Gasteiger partial charge in [-0.05, 0) is 53.9 Å². The van der Waals surface area contributed by atoms with Gasteiger partial charge in [0, 0.05) is 6.42 Å². The van der Waals surface area contributed by atoms with Crippen molar-refractivity contribution in [3.8, 4) is 0 Å². The Hall–Kier alpha value is -2.88. The first-order chi connectivity index (χ1) is 13.6. The van der Waals surface area contributed by atoms with Crippen molar-refractivity contribution in [2.75, 3.05) is 16.8 Å². The summed E-state index contributed by atoms with van der Waals surface area (Å²) in [7, 11) is 0. The Labute approximate surface area is 168 Å². The quantitative estimate of drug-likeness (QED) is 0.741. The van der Waals surface area contributed by atoms with Crippen LogP contribution in [0.2, 0.25) is 0 Å². The van der Waals surface area contributed by atoms with E-state index in [-0.39, 0.29) is 24.3 Å². The summed E-state index contributed by atoms with van der Waals surface area (Å²) >= 11 is 1.50. The highest BCUT2D eigenvalue weighted by Gasteiger charge is 2.35. The van der Waals surface area contributed by atoms with Crippen molar-refractivity contribution in [3.63, 3.8) is 0 Å². The molecule has 29 heavy (non-hydrogen) atoms. The van der Waals surface area contributed by atoms with Crippen LogP contribution in [0.15, 0.2) is 35.0 Å². The number of hydrogen-bond acceptors (Lipinski definition) is 5. The minimum absolute atomic E-state index is 0.0837. The summed E-state index contributed by atoms with van der Waals surface area (Å²) in [6.07, 6.45) is -5.22. The summed E-state index contributed by atoms with van der Waals surface area (Å²) in [6.45, 7) is 0.981. The second kappa shape index (κ2) is 8.24. The number of fused-ring (bicyclic) bond motifs is 1. The molecule has 0 bridgehead atoms. The lowest BCUT2D eigenvalue weighted by molar-refractivity contribution is -0.153. The number of rotatable bonds is 5. The zero-order chi connectivity index (χ0) is 21.2. The maximum Gasteiger partial charge on any atom is 0.416 e. The van der Waals surface area contributed by atoms with Crippen molar-refractivity contribution >= 4 is 40.5 Å². The van der Waals surface area contributed by atoms with Crippen molar-refractivity contribution in [2.24, 2.45) is 0 Å². The lowest BCUT2D eigenvalue weighted by Crippen LogP contribution is -2.47. The predicted octanol–water partition coefficient (Wildman–Crippen LogP) is 3.62. The van der Waals surface area contributed by atoms with Crippen LogP contribution in [0.25, 0.3) is 0 Å². The lowest BCUT2D eigenvalue weighted by atomic mass is 10.1. The molecule has 1 aromatic carbocycles. The van der Waals surface area contributed by atoms with Crippen LogP contribution >= 0.6 is 11.3 Å². The highest BCUT2D eigenvalue weighted by atomic mass is 32.1. The molecule has 1 aromatic heterocycles. The molecule has 0 fully saturated rings. The maximum absolute atomic E-state index is 12.9. The molecule has 0 saturated heterocycles. The summed E-state index contributed by atoms with van der Waals surface area (Å²) in [6, 6.07) is 4.59. The van der Waals surface area contributed by atoms with E-state index in [2.05, 4.69) is 5.32 Å². The van der Waals surface area contributed by atoms with Crippen LogP contribution in [0.3, 0.4) is 0 Å². The number of thiophene rings is 1. The molecule has 154 valence electrons. The van der Waals surface area contributed by atoms with E-state index in [1.54, 1.807) is 0 Å². The largest absolute Gasteiger partial charge is 0.453 e. The summed E-state index contributed by atoms with van der Waals surface area (Å²) < 4.78 is 43.9. The molecule has 2 aromatic rings. The third-order valence-electron chi connectivity index (χ3n) is 4.31. The predicted molar refractivity (Wildman–Crippen MR) is 101 cm³/mol. The SMILES string of the molecule is CC(OC(=O)CCc1ccsc1)C(=O)N1CC(=O)Nc2cc(C(F)(F)F)ccc21. The van der Waals surface area contributed by atoms with E-state index in [1.807, 2.05) is 16.8 Å². The Bertz CT molecular complexity index is 928. The number of hydrogen-bond donors (Lipinski definition) is 1. The molecular formula is C19H17F3N2O4S. The van der Waals surface area contributed by atoms with Gasteiger partial charge in [-0.25, -0.2) is 0 Å². The highest BCUT2D eigenvalue weighted by Crippen LogP contribution is 2.37. The fourth-order valence-electron chi connectivity index (χ4n) is 2.87. The molecule has 10 heteroatoms. The molecule has 2 amide bonds. The van der Waals surface area contributed by atoms with E-state index in [9.17, 15) is 27.6 Å². The molecule has 1 aliphatic heterocycles. The Morgan fingerprint density at radius 1 is 1.31 bits per heavy atom. The number of esters is 1. The van der Waals surface area contributed by atoms with Crippen LogP contribution in [-0.4, -0.2) is 30.4 Å². The van der Waals surface area contributed by atoms with Gasteiger partial charge in [0.15, 0.2) is 6.10 Å². The first kappa shape index (κ1) is 20.8. The Kier molecular flexibility index (Phi) is 5.92. The van der Waals surface area contributed by atoms with Gasteiger partial charge in [0.2, 0.25) is 5.91 Å². The average Bonchev–Trinajstić information content (AvgIpc) is 3.17. The summed E-state index contributed by atoms with van der Waals surface area (Å²) in [5, 5.41) is 6.12. The fourth-order valence-corrected chi connectivity index (χ4v) is 3.57. The van der Waals surface area contributed by atoms with Gasteiger partial charge >= 0.3 is 12.1 Å². The molecule has 6 nitrogen and oxygen atoms in total. The number of carbonyl (C=O) groups is 3. The van der Waals surface area contributed by atoms with Crippen LogP contribution < -0.4 is 10.2 Å². The zero-order valence-electron chi connectivity index (χ0n) is 15.3. The van der Waals surface area contributed by atoms with Gasteiger partial charge in [-0.3, -0.25) is 19.3 Å². The number of benzene rings is 1. The molecule has 1 atom stereocenters. The smallest absolute Gasteiger partial charge is 0.416 e. The zero-order valence-corrected chi connectivity index (χ0v) is 16.1. The van der Waals surface area contributed by atoms with E-state index in [0.717, 1.165) is 28.7 Å². The van der Waals surface area contributed by atoms with Crippen LogP contribution in [0.5, 0.6) is 0 Å². The standard InChI is InChI=1S/C19H17F3N2O4S/c1-11(28-17(26)5-2-12-6-7-29-10-12)18(27)24-9-16(25)23-14-8-13(19(20,21)22)3-4-15(14)24/h3-4,6-8,10-11H,2,5,9H2,1H3,(H,23,25). The number of ether oxygens (including phenoxy) is 1. The number of aryl methyl sites for hydroxylation is 1. The van der Waals surface area contributed by atoms with Crippen LogP contribution in [0.4, 0.5) is 24.5 Å². The fraction of sp³-hybridized carbons (Fsp3) is 0.316. The van der Waals surface area contributed by atoms with E-state index in [0.29, 0.717) is 6.42 Å². The van der Waals surface area contributed by atoms with E-state index in [1.165, 1.54) is 18.3 Å². The lowest BCUT2D eigenvalue weighted by Gasteiger charge is -2.31. The molecule has 1 unspecified atom stereocenters. The van der Waals surface area contributed by atoms with Crippen molar-refractivity contribution in [1.82, 2.24) is 0 Å². The van der Waals surface area contributed by atoms with Gasteiger partial charge in [0.25, 0.3) is 5.91 Å². The molecule has 3 rings (SSSR count). The van der Waals surface area contributed by atoms with Crippen molar-refractivity contribution in [2.45, 2.75) is 32.0 Å². The second-order valence-electron chi connectivity index (χ2n) is 6.47. The number of nitrogens with one attached hydrogen (secondary N) is 1. The first-order valence-corrected chi connectivity index (χ1v) is 9.62. The van der Waals surface area contributed by atoms with Crippen molar-refractivity contribution in [3.05, 3.63) is 46.2 Å². The topological polar surface area (TPSA) is 75.7 Å². The molecule has 1 aliphatic rings. The Morgan fingerprint density at radius 2 is 2.07 bits per heavy atom. The molecule has 2 heterocycles. The molecule has 0 spiro atoms. The van der Waals surface area contributed by atoms with Gasteiger partial charge in [-0.2, -0.15) is 24.5 Å². The normalized spacial score (nSPS) is 14.8. The van der Waals surface area contributed by atoms with Crippen LogP contribution in [-0.2, 0) is 31.7 Å². The number of nitrogens with zero attached hydrogens (tertiary/aromatic N) is 1. The number of amides is 2. The van der Waals surface area contributed by atoms with Crippen LogP contribution in [0, 0.1) is 0 Å². The molecule has 0 saturated carbocycles. The number of alkyl halides is 3. The maximum atomic E-state index is 12.9. The van der Waals surface area contributed by atoms with Gasteiger partial charge in [-0.15, -0.1) is 0 Å². The van der Waals surface area contributed by atoms with E-state index < -0.39 is 35.6 Å². The van der Waals surface area contributed by atoms with Gasteiger partial charge < -0.3 is 10.1 Å². The summed E-state index contributed by atoms with van der Waals surface area (Å²) in [4.78, 5) is 37.6. The monoisotopic (exact) mass is 426 g/mol. The third-order valence-corrected chi connectivity index (χ3v) is 5.04. The Morgan fingerprint density at radius 3 is 2.72 bits per heavy atom. The van der Waals surface area contributed by atoms with Crippen LogP contribution in [0.1, 0.15) is 24.5 Å². The third kappa shape index (κ3) is 4.94. The molecule has 1 N–H and O–H groups in total. The minimum Gasteiger partial charge on any atom is -0.453 e. The summed E-state index contributed by atoms with van der Waals surface area (Å²) in [5.74, 6) is -1.91. The van der Waals surface area contributed by atoms with Gasteiger partial charge in [0.1, 0.15) is 6.54 Å². The molecule has 0 radical (unpaired) electrons. The number of halogens is 3. The minimum atomic E-state index is -4.59. The van der Waals surface area contributed by atoms with Gasteiger partial charge in [-0.1, -0.05) is 0 Å². The van der Waals surface area contributed by atoms with Gasteiger partial charge in [0.05, 0.1) is 16.9 Å². The van der Waals surface area contributed by atoms with E-state index >= 15 is 0 Å². The van der Waals surface area contributed by atoms with Crippen molar-refractivity contribution in [1.29, 1.82) is 0 Å². The molecular weight excluding hydrogens is 409 g/mol. The highest BCUT2D eigenvalue weighted by molar-refractivity contribution is 7.07. The second-order valence-corrected chi connectivity index (χ2v) is 7.25. The first-order valence-electron chi connectivity index (χ1n) is 8.68.